The van der Waals surface area contributed by atoms with Gasteiger partial charge in [0.1, 0.15) is 15.9 Å². The molecule has 100 valence electrons. The van der Waals surface area contributed by atoms with Crippen LogP contribution in [0.3, 0.4) is 0 Å². The number of hydrogen-bond acceptors (Lipinski definition) is 5. The lowest BCUT2D eigenvalue weighted by Crippen LogP contribution is -2.14. The number of thiophene rings is 1. The number of aromatic nitrogens is 3. The Morgan fingerprint density at radius 1 is 1.63 bits per heavy atom. The van der Waals surface area contributed by atoms with E-state index >= 15 is 0 Å². The second kappa shape index (κ2) is 4.93. The molecule has 19 heavy (non-hydrogen) atoms. The van der Waals surface area contributed by atoms with Crippen LogP contribution < -0.4 is 10.1 Å². The lowest BCUT2D eigenvalue weighted by molar-refractivity contribution is 0.102. The summed E-state index contributed by atoms with van der Waals surface area (Å²) in [6.45, 7) is 0. The molecule has 0 saturated heterocycles. The number of carbonyl (C=O) groups is 1. The van der Waals surface area contributed by atoms with Crippen molar-refractivity contribution in [1.29, 1.82) is 0 Å². The second-order valence-electron chi connectivity index (χ2n) is 4.20. The van der Waals surface area contributed by atoms with Crippen molar-refractivity contribution in [3.63, 3.8) is 0 Å². The number of amides is 1. The third-order valence-electron chi connectivity index (χ3n) is 2.84. The van der Waals surface area contributed by atoms with E-state index < -0.39 is 0 Å². The van der Waals surface area contributed by atoms with Crippen LogP contribution in [0.5, 0.6) is 5.75 Å². The number of halogens is 1. The lowest BCUT2D eigenvalue weighted by atomic mass is 10.4. The summed E-state index contributed by atoms with van der Waals surface area (Å²) < 4.78 is 7.83. The molecule has 0 radical (unpaired) electrons. The Labute approximate surface area is 121 Å². The zero-order valence-corrected chi connectivity index (χ0v) is 12.5. The lowest BCUT2D eigenvalue weighted by Gasteiger charge is -2.04. The van der Waals surface area contributed by atoms with Crippen LogP contribution in [0.4, 0.5) is 5.95 Å². The summed E-state index contributed by atoms with van der Waals surface area (Å²) in [7, 11) is 1.57. The molecule has 0 aromatic carbocycles. The largest absolute Gasteiger partial charge is 0.495 e. The number of methoxy groups -OCH3 is 1. The quantitative estimate of drug-likeness (QED) is 0.927. The number of hydrogen-bond donors (Lipinski definition) is 1. The van der Waals surface area contributed by atoms with Gasteiger partial charge in [-0.25, -0.2) is 0 Å². The van der Waals surface area contributed by atoms with E-state index in [-0.39, 0.29) is 5.91 Å². The standard InChI is InChI=1S/C11H11BrN4O2S/c1-18-7-4-8(19-9(7)12)10(17)14-11-15-13-5-16(11)6-2-3-6/h4-6H,2-3H2,1H3,(H,14,15,17). The van der Waals surface area contributed by atoms with Gasteiger partial charge in [-0.3, -0.25) is 14.7 Å². The first-order valence-corrected chi connectivity index (χ1v) is 7.34. The average Bonchev–Trinajstić information content (AvgIpc) is 3.02. The summed E-state index contributed by atoms with van der Waals surface area (Å²) in [5.41, 5.74) is 0. The summed E-state index contributed by atoms with van der Waals surface area (Å²) in [6.07, 6.45) is 3.87. The van der Waals surface area contributed by atoms with E-state index in [1.165, 1.54) is 11.3 Å². The van der Waals surface area contributed by atoms with Crippen molar-refractivity contribution >= 4 is 39.1 Å². The minimum Gasteiger partial charge on any atom is -0.495 e. The molecule has 0 spiro atoms. The fourth-order valence-electron chi connectivity index (χ4n) is 1.72. The summed E-state index contributed by atoms with van der Waals surface area (Å²) in [5.74, 6) is 0.943. The van der Waals surface area contributed by atoms with Crippen molar-refractivity contribution in [2.75, 3.05) is 12.4 Å². The third kappa shape index (κ3) is 2.50. The molecule has 0 unspecified atom stereocenters. The number of rotatable bonds is 4. The summed E-state index contributed by atoms with van der Waals surface area (Å²) >= 11 is 4.67. The third-order valence-corrected chi connectivity index (χ3v) is 4.62. The maximum absolute atomic E-state index is 12.1. The molecule has 2 heterocycles. The molecule has 2 aromatic heterocycles. The molecule has 1 fully saturated rings. The first-order chi connectivity index (χ1) is 9.19. The second-order valence-corrected chi connectivity index (χ2v) is 6.57. The normalized spacial score (nSPS) is 14.4. The van der Waals surface area contributed by atoms with E-state index in [1.54, 1.807) is 19.5 Å². The summed E-state index contributed by atoms with van der Waals surface area (Å²) in [4.78, 5) is 12.7. The first kappa shape index (κ1) is 12.6. The highest BCUT2D eigenvalue weighted by Gasteiger charge is 2.27. The Balaban J connectivity index is 1.78. The monoisotopic (exact) mass is 342 g/mol. The van der Waals surface area contributed by atoms with Crippen LogP contribution in [-0.4, -0.2) is 27.8 Å². The molecular weight excluding hydrogens is 332 g/mol. The molecule has 1 N–H and O–H groups in total. The molecule has 0 atom stereocenters. The van der Waals surface area contributed by atoms with Gasteiger partial charge in [-0.2, -0.15) is 0 Å². The van der Waals surface area contributed by atoms with Gasteiger partial charge < -0.3 is 4.74 Å². The topological polar surface area (TPSA) is 69.0 Å². The average molecular weight is 343 g/mol. The summed E-state index contributed by atoms with van der Waals surface area (Å²) in [5, 5.41) is 10.5. The molecule has 1 aliphatic carbocycles. The molecule has 6 nitrogen and oxygen atoms in total. The highest BCUT2D eigenvalue weighted by Crippen LogP contribution is 2.37. The Morgan fingerprint density at radius 3 is 3.05 bits per heavy atom. The maximum Gasteiger partial charge on any atom is 0.268 e. The van der Waals surface area contributed by atoms with Crippen LogP contribution in [0, 0.1) is 0 Å². The van der Waals surface area contributed by atoms with E-state index in [0.717, 1.165) is 16.6 Å². The molecule has 0 aliphatic heterocycles. The fourth-order valence-corrected chi connectivity index (χ4v) is 3.26. The Bertz CT molecular complexity index is 620. The molecule has 1 aliphatic rings. The molecule has 0 bridgehead atoms. The van der Waals surface area contributed by atoms with Crippen molar-refractivity contribution in [3.05, 3.63) is 21.1 Å². The molecule has 2 aromatic rings. The van der Waals surface area contributed by atoms with E-state index in [0.29, 0.717) is 22.6 Å². The van der Waals surface area contributed by atoms with E-state index in [9.17, 15) is 4.79 Å². The number of nitrogens with one attached hydrogen (secondary N) is 1. The number of nitrogens with zero attached hydrogens (tertiary/aromatic N) is 3. The van der Waals surface area contributed by atoms with Crippen LogP contribution in [0.2, 0.25) is 0 Å². The van der Waals surface area contributed by atoms with E-state index in [2.05, 4.69) is 31.4 Å². The van der Waals surface area contributed by atoms with Crippen LogP contribution in [0.1, 0.15) is 28.6 Å². The van der Waals surface area contributed by atoms with Crippen LogP contribution >= 0.6 is 27.3 Å². The Morgan fingerprint density at radius 2 is 2.42 bits per heavy atom. The van der Waals surface area contributed by atoms with Crippen molar-refractivity contribution in [1.82, 2.24) is 14.8 Å². The van der Waals surface area contributed by atoms with Crippen LogP contribution in [0.15, 0.2) is 16.2 Å². The van der Waals surface area contributed by atoms with Gasteiger partial charge in [-0.1, -0.05) is 0 Å². The molecule has 1 saturated carbocycles. The van der Waals surface area contributed by atoms with Gasteiger partial charge >= 0.3 is 0 Å². The van der Waals surface area contributed by atoms with Crippen molar-refractivity contribution in [2.45, 2.75) is 18.9 Å². The van der Waals surface area contributed by atoms with Gasteiger partial charge in [-0.15, -0.1) is 21.5 Å². The van der Waals surface area contributed by atoms with Crippen molar-refractivity contribution in [2.24, 2.45) is 0 Å². The molecule has 1 amide bonds. The number of carbonyl (C=O) groups excluding carboxylic acids is 1. The van der Waals surface area contributed by atoms with Crippen LogP contribution in [0.25, 0.3) is 0 Å². The minimum absolute atomic E-state index is 0.205. The smallest absolute Gasteiger partial charge is 0.268 e. The van der Waals surface area contributed by atoms with Gasteiger partial charge in [0.25, 0.3) is 5.91 Å². The molecule has 3 rings (SSSR count). The number of anilines is 1. The predicted octanol–water partition coefficient (Wildman–Crippen LogP) is 2.70. The predicted molar refractivity (Wildman–Crippen MR) is 74.8 cm³/mol. The van der Waals surface area contributed by atoms with Crippen LogP contribution in [-0.2, 0) is 0 Å². The Hall–Kier alpha value is -1.41. The molecular formula is C11H11BrN4O2S. The van der Waals surface area contributed by atoms with Gasteiger partial charge in [-0.05, 0) is 28.8 Å². The Kier molecular flexibility index (Phi) is 3.28. The van der Waals surface area contributed by atoms with Gasteiger partial charge in [0, 0.05) is 12.1 Å². The van der Waals surface area contributed by atoms with Crippen molar-refractivity contribution in [3.8, 4) is 5.75 Å². The highest BCUT2D eigenvalue weighted by atomic mass is 79.9. The highest BCUT2D eigenvalue weighted by molar-refractivity contribution is 9.11. The maximum atomic E-state index is 12.1. The van der Waals surface area contributed by atoms with Crippen molar-refractivity contribution < 1.29 is 9.53 Å². The minimum atomic E-state index is -0.205. The SMILES string of the molecule is COc1cc(C(=O)Nc2nncn2C2CC2)sc1Br. The zero-order valence-electron chi connectivity index (χ0n) is 10.1. The van der Waals surface area contributed by atoms with E-state index in [1.807, 2.05) is 4.57 Å². The van der Waals surface area contributed by atoms with E-state index in [4.69, 9.17) is 4.74 Å². The molecule has 8 heteroatoms. The van der Waals surface area contributed by atoms with Gasteiger partial charge in [0.05, 0.1) is 12.0 Å². The zero-order chi connectivity index (χ0) is 13.4. The first-order valence-electron chi connectivity index (χ1n) is 5.73. The fraction of sp³-hybridized carbons (Fsp3) is 0.364. The van der Waals surface area contributed by atoms with Gasteiger partial charge in [0.2, 0.25) is 5.95 Å². The van der Waals surface area contributed by atoms with Gasteiger partial charge in [0.15, 0.2) is 0 Å². The number of ether oxygens (including phenoxy) is 1. The summed E-state index contributed by atoms with van der Waals surface area (Å²) in [6, 6.07) is 2.12.